The second-order valence-corrected chi connectivity index (χ2v) is 4.87. The number of pyridine rings is 1. The van der Waals surface area contributed by atoms with Gasteiger partial charge in [0.2, 0.25) is 0 Å². The predicted molar refractivity (Wildman–Crippen MR) is 76.5 cm³/mol. The minimum Gasteiger partial charge on any atom is -0.481 e. The van der Waals surface area contributed by atoms with Crippen LogP contribution in [-0.4, -0.2) is 17.5 Å². The Balaban J connectivity index is 1.95. The summed E-state index contributed by atoms with van der Waals surface area (Å²) >= 11 is 0. The van der Waals surface area contributed by atoms with E-state index in [1.807, 2.05) is 19.1 Å². The number of fused-ring (bicyclic) bond motifs is 1. The van der Waals surface area contributed by atoms with Crippen LogP contribution in [0.1, 0.15) is 11.1 Å². The van der Waals surface area contributed by atoms with E-state index in [1.165, 1.54) is 0 Å². The first kappa shape index (κ1) is 12.5. The number of hydrogen-bond acceptors (Lipinski definition) is 4. The number of aryl methyl sites for hydroxylation is 1. The lowest BCUT2D eigenvalue weighted by atomic mass is 10.1. The molecular formula is C15H15N3O2. The number of rotatable bonds is 2. The van der Waals surface area contributed by atoms with Gasteiger partial charge in [0.1, 0.15) is 5.75 Å². The summed E-state index contributed by atoms with van der Waals surface area (Å²) < 4.78 is 5.42. The van der Waals surface area contributed by atoms with Crippen molar-refractivity contribution in [1.29, 1.82) is 0 Å². The molecular weight excluding hydrogens is 254 g/mol. The Hall–Kier alpha value is -2.56. The number of carbonyl (C=O) groups is 1. The van der Waals surface area contributed by atoms with E-state index < -0.39 is 0 Å². The molecule has 1 aromatic carbocycles. The molecule has 0 radical (unpaired) electrons. The lowest BCUT2D eigenvalue weighted by Crippen LogP contribution is -2.38. The Kier molecular flexibility index (Phi) is 3.02. The normalized spacial score (nSPS) is 13.8. The van der Waals surface area contributed by atoms with Crippen LogP contribution >= 0.6 is 0 Å². The van der Waals surface area contributed by atoms with Crippen molar-refractivity contribution in [3.63, 3.8) is 0 Å². The SMILES string of the molecule is Cc1cncc(CN2C(=O)COc3cc(N)ccc32)c1. The van der Waals surface area contributed by atoms with Crippen molar-refractivity contribution in [1.82, 2.24) is 4.98 Å². The second kappa shape index (κ2) is 4.85. The smallest absolute Gasteiger partial charge is 0.265 e. The molecule has 0 bridgehead atoms. The minimum absolute atomic E-state index is 0.0374. The summed E-state index contributed by atoms with van der Waals surface area (Å²) in [5.41, 5.74) is 9.17. The van der Waals surface area contributed by atoms with Gasteiger partial charge >= 0.3 is 0 Å². The van der Waals surface area contributed by atoms with Crippen molar-refractivity contribution >= 4 is 17.3 Å². The molecule has 1 aliphatic heterocycles. The van der Waals surface area contributed by atoms with Gasteiger partial charge in [-0.2, -0.15) is 0 Å². The summed E-state index contributed by atoms with van der Waals surface area (Å²) in [6, 6.07) is 7.34. The number of hydrogen-bond donors (Lipinski definition) is 1. The Morgan fingerprint density at radius 2 is 2.20 bits per heavy atom. The average molecular weight is 269 g/mol. The van der Waals surface area contributed by atoms with Crippen LogP contribution in [-0.2, 0) is 11.3 Å². The lowest BCUT2D eigenvalue weighted by Gasteiger charge is -2.29. The molecule has 5 nitrogen and oxygen atoms in total. The maximum absolute atomic E-state index is 12.1. The van der Waals surface area contributed by atoms with E-state index in [9.17, 15) is 4.79 Å². The molecule has 0 fully saturated rings. The molecule has 0 aliphatic carbocycles. The van der Waals surface area contributed by atoms with Crippen molar-refractivity contribution in [2.45, 2.75) is 13.5 Å². The highest BCUT2D eigenvalue weighted by Crippen LogP contribution is 2.34. The van der Waals surface area contributed by atoms with E-state index in [2.05, 4.69) is 4.98 Å². The Labute approximate surface area is 117 Å². The summed E-state index contributed by atoms with van der Waals surface area (Å²) in [6.07, 6.45) is 3.56. The molecule has 0 saturated heterocycles. The van der Waals surface area contributed by atoms with E-state index in [0.717, 1.165) is 16.8 Å². The van der Waals surface area contributed by atoms with Crippen LogP contribution in [0, 0.1) is 6.92 Å². The first-order valence-corrected chi connectivity index (χ1v) is 6.37. The zero-order valence-electron chi connectivity index (χ0n) is 11.2. The number of amides is 1. The third-order valence-electron chi connectivity index (χ3n) is 3.20. The van der Waals surface area contributed by atoms with Gasteiger partial charge in [-0.3, -0.25) is 9.78 Å². The first-order chi connectivity index (χ1) is 9.63. The molecule has 102 valence electrons. The predicted octanol–water partition coefficient (Wildman–Crippen LogP) is 1.90. The number of nitrogens with two attached hydrogens (primary N) is 1. The number of nitrogens with zero attached hydrogens (tertiary/aromatic N) is 2. The first-order valence-electron chi connectivity index (χ1n) is 6.37. The van der Waals surface area contributed by atoms with E-state index in [0.29, 0.717) is 18.0 Å². The lowest BCUT2D eigenvalue weighted by molar-refractivity contribution is -0.121. The molecule has 0 unspecified atom stereocenters. The second-order valence-electron chi connectivity index (χ2n) is 4.87. The highest BCUT2D eigenvalue weighted by Gasteiger charge is 2.25. The fraction of sp³-hybridized carbons (Fsp3) is 0.200. The number of ether oxygens (including phenoxy) is 1. The van der Waals surface area contributed by atoms with Gasteiger partial charge in [0.25, 0.3) is 5.91 Å². The van der Waals surface area contributed by atoms with Crippen LogP contribution in [0.25, 0.3) is 0 Å². The number of benzene rings is 1. The van der Waals surface area contributed by atoms with Crippen LogP contribution in [0.3, 0.4) is 0 Å². The van der Waals surface area contributed by atoms with Crippen molar-refractivity contribution in [2.75, 3.05) is 17.2 Å². The quantitative estimate of drug-likeness (QED) is 0.845. The molecule has 1 aliphatic rings. The molecule has 20 heavy (non-hydrogen) atoms. The van der Waals surface area contributed by atoms with Crippen molar-refractivity contribution < 1.29 is 9.53 Å². The molecule has 2 heterocycles. The molecule has 0 atom stereocenters. The van der Waals surface area contributed by atoms with Crippen LogP contribution in [0.4, 0.5) is 11.4 Å². The molecule has 0 spiro atoms. The molecule has 3 rings (SSSR count). The minimum atomic E-state index is -0.0659. The summed E-state index contributed by atoms with van der Waals surface area (Å²) in [6.45, 7) is 2.50. The van der Waals surface area contributed by atoms with Gasteiger partial charge in [0.05, 0.1) is 12.2 Å². The summed E-state index contributed by atoms with van der Waals surface area (Å²) in [5.74, 6) is 0.578. The van der Waals surface area contributed by atoms with Gasteiger partial charge < -0.3 is 15.4 Å². The van der Waals surface area contributed by atoms with Crippen LogP contribution < -0.4 is 15.4 Å². The molecule has 1 amide bonds. The summed E-state index contributed by atoms with van der Waals surface area (Å²) in [4.78, 5) is 17.9. The van der Waals surface area contributed by atoms with E-state index in [1.54, 1.807) is 29.4 Å². The fourth-order valence-corrected chi connectivity index (χ4v) is 2.28. The third kappa shape index (κ3) is 2.30. The van der Waals surface area contributed by atoms with Crippen molar-refractivity contribution in [3.05, 3.63) is 47.8 Å². The topological polar surface area (TPSA) is 68.5 Å². The highest BCUT2D eigenvalue weighted by molar-refractivity contribution is 5.98. The maximum atomic E-state index is 12.1. The maximum Gasteiger partial charge on any atom is 0.265 e. The summed E-state index contributed by atoms with van der Waals surface area (Å²) in [7, 11) is 0. The van der Waals surface area contributed by atoms with Crippen molar-refractivity contribution in [3.8, 4) is 5.75 Å². The average Bonchev–Trinajstić information content (AvgIpc) is 2.42. The fourth-order valence-electron chi connectivity index (χ4n) is 2.28. The number of carbonyl (C=O) groups excluding carboxylic acids is 1. The van der Waals surface area contributed by atoms with Gasteiger partial charge in [-0.05, 0) is 30.2 Å². The molecule has 0 saturated carbocycles. The van der Waals surface area contributed by atoms with E-state index in [4.69, 9.17) is 10.5 Å². The third-order valence-corrected chi connectivity index (χ3v) is 3.20. The Morgan fingerprint density at radius 3 is 3.00 bits per heavy atom. The standard InChI is InChI=1S/C15H15N3O2/c1-10-4-11(7-17-6-10)8-18-13-3-2-12(16)5-14(13)20-9-15(18)19/h2-7H,8-9,16H2,1H3. The summed E-state index contributed by atoms with van der Waals surface area (Å²) in [5, 5.41) is 0. The van der Waals surface area contributed by atoms with Gasteiger partial charge in [-0.1, -0.05) is 6.07 Å². The van der Waals surface area contributed by atoms with E-state index >= 15 is 0 Å². The number of aromatic nitrogens is 1. The van der Waals surface area contributed by atoms with E-state index in [-0.39, 0.29) is 12.5 Å². The number of nitrogen functional groups attached to an aromatic ring is 1. The van der Waals surface area contributed by atoms with Crippen LogP contribution in [0.15, 0.2) is 36.7 Å². The van der Waals surface area contributed by atoms with Crippen molar-refractivity contribution in [2.24, 2.45) is 0 Å². The van der Waals surface area contributed by atoms with Crippen LogP contribution in [0.2, 0.25) is 0 Å². The van der Waals surface area contributed by atoms with Gasteiger partial charge in [0, 0.05) is 24.1 Å². The van der Waals surface area contributed by atoms with Gasteiger partial charge in [-0.15, -0.1) is 0 Å². The Morgan fingerprint density at radius 1 is 1.35 bits per heavy atom. The molecule has 2 N–H and O–H groups in total. The molecule has 2 aromatic rings. The largest absolute Gasteiger partial charge is 0.481 e. The Bertz CT molecular complexity index is 670. The van der Waals surface area contributed by atoms with Gasteiger partial charge in [-0.25, -0.2) is 0 Å². The molecule has 5 heteroatoms. The highest BCUT2D eigenvalue weighted by atomic mass is 16.5. The zero-order valence-corrected chi connectivity index (χ0v) is 11.2. The monoisotopic (exact) mass is 269 g/mol. The molecule has 1 aromatic heterocycles. The zero-order chi connectivity index (χ0) is 14.1. The van der Waals surface area contributed by atoms with Crippen LogP contribution in [0.5, 0.6) is 5.75 Å². The van der Waals surface area contributed by atoms with Gasteiger partial charge in [0.15, 0.2) is 6.61 Å². The number of anilines is 2.